The van der Waals surface area contributed by atoms with Crippen molar-refractivity contribution in [2.45, 2.75) is 27.0 Å². The maximum atomic E-state index is 12.5. The third-order valence-electron chi connectivity index (χ3n) is 2.91. The summed E-state index contributed by atoms with van der Waals surface area (Å²) >= 11 is 3.25. The number of aromatic nitrogens is 2. The normalized spacial score (nSPS) is 10.8. The van der Waals surface area contributed by atoms with Gasteiger partial charge < -0.3 is 10.1 Å². The summed E-state index contributed by atoms with van der Waals surface area (Å²) < 4.78 is 31.4. The second kappa shape index (κ2) is 6.87. The summed E-state index contributed by atoms with van der Waals surface area (Å²) in [5.74, 6) is -0.545. The van der Waals surface area contributed by atoms with Crippen LogP contribution in [0, 0.1) is 6.92 Å². The van der Waals surface area contributed by atoms with Crippen molar-refractivity contribution in [1.82, 2.24) is 9.78 Å². The number of anilines is 1. The molecule has 2 aromatic rings. The fraction of sp³-hybridized carbons (Fsp3) is 0.286. The van der Waals surface area contributed by atoms with Gasteiger partial charge in [0.15, 0.2) is 0 Å². The number of benzene rings is 1. The molecular weight excluding hydrogens is 360 g/mol. The lowest BCUT2D eigenvalue weighted by atomic mass is 10.2. The van der Waals surface area contributed by atoms with Gasteiger partial charge in [-0.1, -0.05) is 6.07 Å². The van der Waals surface area contributed by atoms with Gasteiger partial charge in [-0.15, -0.1) is 0 Å². The topological polar surface area (TPSA) is 56.2 Å². The predicted octanol–water partition coefficient (Wildman–Crippen LogP) is 3.83. The zero-order valence-corrected chi connectivity index (χ0v) is 13.5. The first-order valence-corrected chi connectivity index (χ1v) is 7.29. The van der Waals surface area contributed by atoms with Gasteiger partial charge in [-0.2, -0.15) is 13.9 Å². The molecule has 0 saturated heterocycles. The van der Waals surface area contributed by atoms with E-state index in [1.54, 1.807) is 13.0 Å². The van der Waals surface area contributed by atoms with Gasteiger partial charge in [0.1, 0.15) is 11.4 Å². The lowest BCUT2D eigenvalue weighted by molar-refractivity contribution is -0.0494. The Labute approximate surface area is 134 Å². The molecular formula is C14H14BrF2N3O2. The highest BCUT2D eigenvalue weighted by atomic mass is 79.9. The molecule has 22 heavy (non-hydrogen) atoms. The molecule has 1 amide bonds. The lowest BCUT2D eigenvalue weighted by Gasteiger charge is -2.13. The van der Waals surface area contributed by atoms with Crippen molar-refractivity contribution in [1.29, 1.82) is 0 Å². The number of hydrogen-bond donors (Lipinski definition) is 1. The summed E-state index contributed by atoms with van der Waals surface area (Å²) in [6, 6.07) is 4.65. The fourth-order valence-corrected chi connectivity index (χ4v) is 2.41. The maximum Gasteiger partial charge on any atom is 0.387 e. The second-order valence-corrected chi connectivity index (χ2v) is 5.34. The Morgan fingerprint density at radius 3 is 2.86 bits per heavy atom. The average molecular weight is 374 g/mol. The highest BCUT2D eigenvalue weighted by molar-refractivity contribution is 9.10. The Hall–Kier alpha value is -1.96. The van der Waals surface area contributed by atoms with Crippen molar-refractivity contribution in [3.63, 3.8) is 0 Å². The number of nitrogens with zero attached hydrogens (tertiary/aromatic N) is 2. The van der Waals surface area contributed by atoms with Crippen molar-refractivity contribution < 1.29 is 18.3 Å². The van der Waals surface area contributed by atoms with E-state index >= 15 is 0 Å². The number of rotatable bonds is 5. The minimum absolute atomic E-state index is 0.0814. The Morgan fingerprint density at radius 1 is 1.50 bits per heavy atom. The van der Waals surface area contributed by atoms with E-state index in [4.69, 9.17) is 0 Å². The number of hydrogen-bond acceptors (Lipinski definition) is 3. The van der Waals surface area contributed by atoms with Crippen LogP contribution in [0.15, 0.2) is 28.9 Å². The number of alkyl halides is 2. The van der Waals surface area contributed by atoms with Crippen molar-refractivity contribution in [2.24, 2.45) is 0 Å². The smallest absolute Gasteiger partial charge is 0.387 e. The van der Waals surface area contributed by atoms with Crippen molar-refractivity contribution in [3.05, 3.63) is 40.1 Å². The van der Waals surface area contributed by atoms with Gasteiger partial charge in [-0.3, -0.25) is 9.48 Å². The monoisotopic (exact) mass is 373 g/mol. The van der Waals surface area contributed by atoms with Crippen LogP contribution < -0.4 is 10.1 Å². The molecule has 0 fully saturated rings. The van der Waals surface area contributed by atoms with Crippen molar-refractivity contribution in [2.75, 3.05) is 5.32 Å². The molecule has 0 atom stereocenters. The van der Waals surface area contributed by atoms with E-state index < -0.39 is 12.5 Å². The van der Waals surface area contributed by atoms with Crippen LogP contribution in [0.3, 0.4) is 0 Å². The minimum Gasteiger partial charge on any atom is -0.433 e. The molecule has 0 spiro atoms. The molecule has 1 N–H and O–H groups in total. The average Bonchev–Trinajstić information content (AvgIpc) is 2.82. The van der Waals surface area contributed by atoms with E-state index in [2.05, 4.69) is 31.1 Å². The van der Waals surface area contributed by atoms with Crippen LogP contribution >= 0.6 is 15.9 Å². The Balaban J connectivity index is 2.30. The molecule has 0 saturated carbocycles. The number of ether oxygens (including phenoxy) is 1. The molecule has 1 heterocycles. The SMILES string of the molecule is CCn1ncc(Br)c1C(=O)Nc1ccc(C)cc1OC(F)F. The number of carbonyl (C=O) groups excluding carboxylic acids is 1. The van der Waals surface area contributed by atoms with E-state index in [9.17, 15) is 13.6 Å². The first-order chi connectivity index (χ1) is 10.4. The molecule has 118 valence electrons. The standard InChI is InChI=1S/C14H14BrF2N3O2/c1-3-20-12(9(15)7-18-20)13(21)19-10-5-4-8(2)6-11(10)22-14(16)17/h4-7,14H,3H2,1-2H3,(H,19,21). The van der Waals surface area contributed by atoms with Crippen LogP contribution in [0.4, 0.5) is 14.5 Å². The summed E-state index contributed by atoms with van der Waals surface area (Å²) in [5, 5.41) is 6.61. The van der Waals surface area contributed by atoms with Gasteiger partial charge in [0, 0.05) is 6.54 Å². The van der Waals surface area contributed by atoms with Crippen LogP contribution in [0.1, 0.15) is 23.0 Å². The third-order valence-corrected chi connectivity index (χ3v) is 3.49. The number of nitrogens with one attached hydrogen (secondary N) is 1. The molecule has 5 nitrogen and oxygen atoms in total. The summed E-state index contributed by atoms with van der Waals surface area (Å²) in [6.07, 6.45) is 1.50. The van der Waals surface area contributed by atoms with Crippen LogP contribution in [-0.4, -0.2) is 22.3 Å². The molecule has 1 aromatic carbocycles. The molecule has 2 rings (SSSR count). The number of carbonyl (C=O) groups is 1. The van der Waals surface area contributed by atoms with Crippen molar-refractivity contribution >= 4 is 27.5 Å². The summed E-state index contributed by atoms with van der Waals surface area (Å²) in [5.41, 5.74) is 1.23. The summed E-state index contributed by atoms with van der Waals surface area (Å²) in [7, 11) is 0. The highest BCUT2D eigenvalue weighted by Crippen LogP contribution is 2.28. The molecule has 1 aromatic heterocycles. The Kier molecular flexibility index (Phi) is 5.12. The first kappa shape index (κ1) is 16.4. The zero-order valence-electron chi connectivity index (χ0n) is 11.9. The summed E-state index contributed by atoms with van der Waals surface area (Å²) in [4.78, 5) is 12.4. The molecule has 0 aliphatic heterocycles. The molecule has 8 heteroatoms. The molecule has 0 bridgehead atoms. The van der Waals surface area contributed by atoms with Crippen LogP contribution in [0.5, 0.6) is 5.75 Å². The number of amides is 1. The Morgan fingerprint density at radius 2 is 2.23 bits per heavy atom. The molecule has 0 aliphatic carbocycles. The van der Waals surface area contributed by atoms with Crippen LogP contribution in [0.25, 0.3) is 0 Å². The number of aryl methyl sites for hydroxylation is 2. The summed E-state index contributed by atoms with van der Waals surface area (Å²) in [6.45, 7) is 1.12. The highest BCUT2D eigenvalue weighted by Gasteiger charge is 2.19. The molecule has 0 unspecified atom stereocenters. The van der Waals surface area contributed by atoms with Gasteiger partial charge in [0.2, 0.25) is 0 Å². The van der Waals surface area contributed by atoms with Crippen LogP contribution in [0.2, 0.25) is 0 Å². The second-order valence-electron chi connectivity index (χ2n) is 4.49. The van der Waals surface area contributed by atoms with E-state index in [0.29, 0.717) is 16.7 Å². The number of halogens is 3. The van der Waals surface area contributed by atoms with E-state index in [0.717, 1.165) is 5.56 Å². The lowest BCUT2D eigenvalue weighted by Crippen LogP contribution is -2.19. The van der Waals surface area contributed by atoms with Crippen molar-refractivity contribution in [3.8, 4) is 5.75 Å². The van der Waals surface area contributed by atoms with E-state index in [1.807, 2.05) is 6.92 Å². The maximum absolute atomic E-state index is 12.5. The third kappa shape index (κ3) is 3.62. The van der Waals surface area contributed by atoms with Gasteiger partial charge in [0.05, 0.1) is 16.4 Å². The molecule has 0 radical (unpaired) electrons. The first-order valence-electron chi connectivity index (χ1n) is 6.50. The van der Waals surface area contributed by atoms with Gasteiger partial charge in [0.25, 0.3) is 5.91 Å². The van der Waals surface area contributed by atoms with Gasteiger partial charge in [-0.25, -0.2) is 0 Å². The van der Waals surface area contributed by atoms with E-state index in [1.165, 1.54) is 23.0 Å². The minimum atomic E-state index is -2.97. The fourth-order valence-electron chi connectivity index (χ4n) is 1.94. The van der Waals surface area contributed by atoms with Crippen LogP contribution in [-0.2, 0) is 6.54 Å². The zero-order chi connectivity index (χ0) is 16.3. The largest absolute Gasteiger partial charge is 0.433 e. The predicted molar refractivity (Wildman–Crippen MR) is 81.4 cm³/mol. The molecule has 0 aliphatic rings. The van der Waals surface area contributed by atoms with E-state index in [-0.39, 0.29) is 11.4 Å². The quantitative estimate of drug-likeness (QED) is 0.866. The Bertz CT molecular complexity index is 689. The van der Waals surface area contributed by atoms with Gasteiger partial charge >= 0.3 is 6.61 Å². The van der Waals surface area contributed by atoms with Gasteiger partial charge in [-0.05, 0) is 47.5 Å².